The molecule has 2 atom stereocenters. The molecule has 0 saturated heterocycles. The molecule has 1 aromatic rings. The van der Waals surface area contributed by atoms with Gasteiger partial charge in [-0.2, -0.15) is 11.8 Å². The van der Waals surface area contributed by atoms with Gasteiger partial charge in [0.25, 0.3) is 0 Å². The smallest absolute Gasteiger partial charge is 0.408 e. The van der Waals surface area contributed by atoms with Crippen molar-refractivity contribution in [2.45, 2.75) is 25.2 Å². The summed E-state index contributed by atoms with van der Waals surface area (Å²) in [5.41, 5.74) is 0.808. The Balaban J connectivity index is 2.31. The number of carboxylic acids is 1. The van der Waals surface area contributed by atoms with Crippen LogP contribution in [0.5, 0.6) is 0 Å². The molecule has 7 nitrogen and oxygen atoms in total. The van der Waals surface area contributed by atoms with E-state index in [4.69, 9.17) is 14.9 Å². The van der Waals surface area contributed by atoms with Crippen LogP contribution in [0.15, 0.2) is 30.3 Å². The number of aliphatic hydroxyl groups excluding tert-OH is 2. The van der Waals surface area contributed by atoms with Gasteiger partial charge in [0.05, 0.1) is 12.7 Å². The van der Waals surface area contributed by atoms with Crippen molar-refractivity contribution in [2.75, 3.05) is 18.1 Å². The number of aliphatic carboxylic acids is 1. The molecule has 0 radical (unpaired) electrons. The Morgan fingerprint density at radius 1 is 1.26 bits per heavy atom. The monoisotopic (exact) mass is 343 g/mol. The summed E-state index contributed by atoms with van der Waals surface area (Å²) in [5.74, 6) is -0.418. The minimum atomic E-state index is -1.15. The number of nitrogens with one attached hydrogen (secondary N) is 1. The van der Waals surface area contributed by atoms with Crippen LogP contribution in [0.3, 0.4) is 0 Å². The molecule has 4 N–H and O–H groups in total. The highest BCUT2D eigenvalue weighted by molar-refractivity contribution is 7.99. The van der Waals surface area contributed by atoms with Crippen molar-refractivity contribution < 1.29 is 29.6 Å². The fraction of sp³-hybridized carbons (Fsp3) is 0.467. The second kappa shape index (κ2) is 10.9. The van der Waals surface area contributed by atoms with Gasteiger partial charge in [0, 0.05) is 5.75 Å². The zero-order chi connectivity index (χ0) is 17.1. The summed E-state index contributed by atoms with van der Waals surface area (Å²) in [6.45, 7) is -0.268. The van der Waals surface area contributed by atoms with Crippen molar-refractivity contribution >= 4 is 23.8 Å². The number of aliphatic hydroxyl groups is 2. The molecular formula is C15H21NO6S. The number of benzene rings is 1. The molecule has 2 unspecified atom stereocenters. The van der Waals surface area contributed by atoms with E-state index in [1.807, 2.05) is 18.2 Å². The van der Waals surface area contributed by atoms with E-state index in [1.165, 1.54) is 11.8 Å². The maximum absolute atomic E-state index is 11.6. The molecule has 1 amide bonds. The SMILES string of the molecule is O=C(NC(CCSCC(O)CO)C(=O)O)OCc1ccccc1. The van der Waals surface area contributed by atoms with Crippen LogP contribution in [-0.4, -0.2) is 57.6 Å². The Kier molecular flexibility index (Phi) is 9.11. The molecule has 128 valence electrons. The van der Waals surface area contributed by atoms with Gasteiger partial charge >= 0.3 is 12.1 Å². The molecule has 0 spiro atoms. The number of hydrogen-bond acceptors (Lipinski definition) is 6. The van der Waals surface area contributed by atoms with E-state index in [9.17, 15) is 14.7 Å². The van der Waals surface area contributed by atoms with Crippen molar-refractivity contribution in [1.82, 2.24) is 5.32 Å². The fourth-order valence-electron chi connectivity index (χ4n) is 1.64. The molecule has 0 saturated carbocycles. The number of amides is 1. The third-order valence-corrected chi connectivity index (χ3v) is 4.02. The van der Waals surface area contributed by atoms with E-state index < -0.39 is 24.2 Å². The number of carboxylic acid groups (broad SMARTS) is 1. The van der Waals surface area contributed by atoms with E-state index >= 15 is 0 Å². The normalized spacial score (nSPS) is 13.1. The Bertz CT molecular complexity index is 484. The molecule has 0 aliphatic heterocycles. The van der Waals surface area contributed by atoms with Gasteiger partial charge in [-0.25, -0.2) is 9.59 Å². The molecule has 23 heavy (non-hydrogen) atoms. The van der Waals surface area contributed by atoms with Crippen LogP contribution < -0.4 is 5.32 Å². The summed E-state index contributed by atoms with van der Waals surface area (Å²) in [4.78, 5) is 22.8. The summed E-state index contributed by atoms with van der Waals surface area (Å²) >= 11 is 1.30. The van der Waals surface area contributed by atoms with Crippen LogP contribution in [0.25, 0.3) is 0 Å². The second-order valence-electron chi connectivity index (χ2n) is 4.80. The number of rotatable bonds is 10. The Labute approximate surface area is 138 Å². The number of alkyl carbamates (subject to hydrolysis) is 1. The lowest BCUT2D eigenvalue weighted by atomic mass is 10.2. The van der Waals surface area contributed by atoms with Gasteiger partial charge in [-0.05, 0) is 17.7 Å². The molecule has 0 aromatic heterocycles. The summed E-state index contributed by atoms with van der Waals surface area (Å²) in [6.07, 6.45) is -1.42. The van der Waals surface area contributed by atoms with Crippen LogP contribution in [0, 0.1) is 0 Å². The lowest BCUT2D eigenvalue weighted by Crippen LogP contribution is -2.41. The number of hydrogen-bond donors (Lipinski definition) is 4. The van der Waals surface area contributed by atoms with Crippen molar-refractivity contribution in [2.24, 2.45) is 0 Å². The Morgan fingerprint density at radius 2 is 1.96 bits per heavy atom. The summed E-state index contributed by atoms with van der Waals surface area (Å²) in [7, 11) is 0. The average molecular weight is 343 g/mol. The van der Waals surface area contributed by atoms with Gasteiger partial charge in [-0.15, -0.1) is 0 Å². The first-order valence-electron chi connectivity index (χ1n) is 7.09. The zero-order valence-corrected chi connectivity index (χ0v) is 13.4. The standard InChI is InChI=1S/C15H21NO6S/c17-8-12(18)10-23-7-6-13(14(19)20)16-15(21)22-9-11-4-2-1-3-5-11/h1-5,12-13,17-18H,6-10H2,(H,16,21)(H,19,20). The second-order valence-corrected chi connectivity index (χ2v) is 5.95. The summed E-state index contributed by atoms with van der Waals surface area (Å²) in [5, 5.41) is 29.2. The van der Waals surface area contributed by atoms with Crippen LogP contribution >= 0.6 is 11.8 Å². The van der Waals surface area contributed by atoms with Gasteiger partial charge < -0.3 is 25.4 Å². The molecule has 0 aliphatic carbocycles. The quantitative estimate of drug-likeness (QED) is 0.465. The predicted molar refractivity (Wildman–Crippen MR) is 86.2 cm³/mol. The molecule has 0 fully saturated rings. The van der Waals surface area contributed by atoms with Gasteiger partial charge in [-0.1, -0.05) is 30.3 Å². The van der Waals surface area contributed by atoms with E-state index in [1.54, 1.807) is 12.1 Å². The predicted octanol–water partition coefficient (Wildman–Crippen LogP) is 0.842. The van der Waals surface area contributed by atoms with Gasteiger partial charge in [0.2, 0.25) is 0 Å². The molecule has 0 bridgehead atoms. The van der Waals surface area contributed by atoms with Crippen molar-refractivity contribution in [3.63, 3.8) is 0 Å². The number of carbonyl (C=O) groups is 2. The first-order chi connectivity index (χ1) is 11.0. The molecular weight excluding hydrogens is 322 g/mol. The number of carbonyl (C=O) groups excluding carboxylic acids is 1. The fourth-order valence-corrected chi connectivity index (χ4v) is 2.58. The van der Waals surface area contributed by atoms with Gasteiger partial charge in [0.15, 0.2) is 0 Å². The van der Waals surface area contributed by atoms with Gasteiger partial charge in [-0.3, -0.25) is 0 Å². The Hall–Kier alpha value is -1.77. The lowest BCUT2D eigenvalue weighted by molar-refractivity contribution is -0.139. The van der Waals surface area contributed by atoms with Crippen LogP contribution in [0.2, 0.25) is 0 Å². The van der Waals surface area contributed by atoms with Crippen LogP contribution in [0.4, 0.5) is 4.79 Å². The third kappa shape index (κ3) is 8.44. The average Bonchev–Trinajstić information content (AvgIpc) is 2.56. The minimum absolute atomic E-state index is 0.0659. The zero-order valence-electron chi connectivity index (χ0n) is 12.6. The number of thioether (sulfide) groups is 1. The first kappa shape index (κ1) is 19.3. The van der Waals surface area contributed by atoms with Gasteiger partial charge in [0.1, 0.15) is 12.6 Å². The first-order valence-corrected chi connectivity index (χ1v) is 8.25. The van der Waals surface area contributed by atoms with E-state index in [0.29, 0.717) is 11.5 Å². The topological polar surface area (TPSA) is 116 Å². The summed E-state index contributed by atoms with van der Waals surface area (Å²) in [6, 6.07) is 8.01. The Morgan fingerprint density at radius 3 is 2.57 bits per heavy atom. The van der Waals surface area contributed by atoms with Crippen LogP contribution in [-0.2, 0) is 16.1 Å². The van der Waals surface area contributed by atoms with E-state index in [2.05, 4.69) is 5.32 Å². The highest BCUT2D eigenvalue weighted by Gasteiger charge is 2.20. The maximum atomic E-state index is 11.6. The molecule has 8 heteroatoms. The molecule has 1 rings (SSSR count). The number of ether oxygens (including phenoxy) is 1. The lowest BCUT2D eigenvalue weighted by Gasteiger charge is -2.15. The minimum Gasteiger partial charge on any atom is -0.480 e. The highest BCUT2D eigenvalue weighted by Crippen LogP contribution is 2.08. The molecule has 1 aromatic carbocycles. The maximum Gasteiger partial charge on any atom is 0.408 e. The third-order valence-electron chi connectivity index (χ3n) is 2.87. The highest BCUT2D eigenvalue weighted by atomic mass is 32.2. The van der Waals surface area contributed by atoms with E-state index in [-0.39, 0.29) is 19.6 Å². The molecule has 0 aliphatic rings. The van der Waals surface area contributed by atoms with E-state index in [0.717, 1.165) is 5.56 Å². The van der Waals surface area contributed by atoms with Crippen molar-refractivity contribution in [3.05, 3.63) is 35.9 Å². The summed E-state index contributed by atoms with van der Waals surface area (Å²) < 4.78 is 4.98. The van der Waals surface area contributed by atoms with Crippen molar-refractivity contribution in [3.8, 4) is 0 Å². The van der Waals surface area contributed by atoms with Crippen molar-refractivity contribution in [1.29, 1.82) is 0 Å². The largest absolute Gasteiger partial charge is 0.480 e. The molecule has 0 heterocycles. The van der Waals surface area contributed by atoms with Crippen LogP contribution in [0.1, 0.15) is 12.0 Å².